The summed E-state index contributed by atoms with van der Waals surface area (Å²) in [5.41, 5.74) is 0.173. The molecule has 0 aliphatic rings. The highest BCUT2D eigenvalue weighted by atomic mass is 35.5. The second-order valence-corrected chi connectivity index (χ2v) is 4.96. The van der Waals surface area contributed by atoms with Gasteiger partial charge in [-0.25, -0.2) is 9.78 Å². The molecule has 0 spiro atoms. The molecule has 2 aromatic rings. The van der Waals surface area contributed by atoms with Gasteiger partial charge in [0, 0.05) is 19.6 Å². The highest BCUT2D eigenvalue weighted by Crippen LogP contribution is 2.15. The third-order valence-corrected chi connectivity index (χ3v) is 3.45. The van der Waals surface area contributed by atoms with Crippen LogP contribution in [0, 0.1) is 0 Å². The van der Waals surface area contributed by atoms with E-state index in [1.54, 1.807) is 4.57 Å². The summed E-state index contributed by atoms with van der Waals surface area (Å²) in [5, 5.41) is 0. The summed E-state index contributed by atoms with van der Waals surface area (Å²) in [5.74, 6) is 0.814. The Bertz CT molecular complexity index is 739. The van der Waals surface area contributed by atoms with Crippen molar-refractivity contribution in [1.82, 2.24) is 18.7 Å². The first-order valence-electron chi connectivity index (χ1n) is 6.20. The van der Waals surface area contributed by atoms with Crippen molar-refractivity contribution in [3.05, 3.63) is 26.7 Å². The van der Waals surface area contributed by atoms with E-state index in [0.717, 1.165) is 4.57 Å². The van der Waals surface area contributed by atoms with Crippen LogP contribution < -0.4 is 11.2 Å². The molecule has 6 nitrogen and oxygen atoms in total. The zero-order valence-electron chi connectivity index (χ0n) is 11.5. The summed E-state index contributed by atoms with van der Waals surface area (Å²) in [6.45, 7) is 6.28. The molecule has 0 aliphatic carbocycles. The SMILES string of the molecule is CCn1c(CCl)nc2c1c(=O)n(C)c(=O)n2C(C)C. The second kappa shape index (κ2) is 4.85. The van der Waals surface area contributed by atoms with Crippen LogP contribution in [0.5, 0.6) is 0 Å². The molecule has 7 heteroatoms. The van der Waals surface area contributed by atoms with Gasteiger partial charge in [-0.1, -0.05) is 0 Å². The first kappa shape index (κ1) is 13.9. The third kappa shape index (κ3) is 1.90. The Balaban J connectivity index is 3.09. The van der Waals surface area contributed by atoms with E-state index in [4.69, 9.17) is 11.6 Å². The van der Waals surface area contributed by atoms with Gasteiger partial charge in [-0.05, 0) is 20.8 Å². The number of imidazole rings is 1. The normalized spacial score (nSPS) is 11.7. The standard InChI is InChI=1S/C12H17ClN4O2/c1-5-16-8(6-13)14-10-9(16)11(18)15(4)12(19)17(10)7(2)3/h7H,5-6H2,1-4H3. The van der Waals surface area contributed by atoms with Crippen molar-refractivity contribution < 1.29 is 0 Å². The van der Waals surface area contributed by atoms with Gasteiger partial charge in [0.2, 0.25) is 0 Å². The first-order chi connectivity index (χ1) is 8.93. The van der Waals surface area contributed by atoms with E-state index < -0.39 is 0 Å². The second-order valence-electron chi connectivity index (χ2n) is 4.69. The van der Waals surface area contributed by atoms with Crippen LogP contribution in [-0.4, -0.2) is 18.7 Å². The lowest BCUT2D eigenvalue weighted by molar-refractivity contribution is 0.551. The molecule has 2 aromatic heterocycles. The van der Waals surface area contributed by atoms with E-state index in [2.05, 4.69) is 4.98 Å². The van der Waals surface area contributed by atoms with Gasteiger partial charge in [0.15, 0.2) is 11.2 Å². The number of hydrogen-bond donors (Lipinski definition) is 0. The lowest BCUT2D eigenvalue weighted by Gasteiger charge is -2.12. The first-order valence-corrected chi connectivity index (χ1v) is 6.74. The molecule has 0 unspecified atom stereocenters. The highest BCUT2D eigenvalue weighted by Gasteiger charge is 2.20. The Morgan fingerprint density at radius 3 is 2.42 bits per heavy atom. The van der Waals surface area contributed by atoms with Crippen LogP contribution in [-0.2, 0) is 19.5 Å². The van der Waals surface area contributed by atoms with Gasteiger partial charge >= 0.3 is 5.69 Å². The maximum Gasteiger partial charge on any atom is 0.332 e. The molecule has 0 radical (unpaired) electrons. The van der Waals surface area contributed by atoms with Crippen LogP contribution in [0.3, 0.4) is 0 Å². The zero-order chi connectivity index (χ0) is 14.3. The molecule has 2 heterocycles. The predicted molar refractivity (Wildman–Crippen MR) is 74.9 cm³/mol. The average Bonchev–Trinajstić information content (AvgIpc) is 2.74. The number of halogens is 1. The molecular weight excluding hydrogens is 268 g/mol. The van der Waals surface area contributed by atoms with Gasteiger partial charge in [0.05, 0.1) is 5.88 Å². The quantitative estimate of drug-likeness (QED) is 0.797. The van der Waals surface area contributed by atoms with E-state index in [1.165, 1.54) is 11.6 Å². The van der Waals surface area contributed by atoms with Gasteiger partial charge in [-0.15, -0.1) is 11.6 Å². The molecule has 0 fully saturated rings. The van der Waals surface area contributed by atoms with Crippen molar-refractivity contribution in [2.75, 3.05) is 0 Å². The number of aromatic nitrogens is 4. The predicted octanol–water partition coefficient (Wildman–Crippen LogP) is 1.24. The zero-order valence-corrected chi connectivity index (χ0v) is 12.2. The van der Waals surface area contributed by atoms with E-state index in [9.17, 15) is 9.59 Å². The minimum atomic E-state index is -0.352. The van der Waals surface area contributed by atoms with Crippen LogP contribution in [0.2, 0.25) is 0 Å². The fourth-order valence-corrected chi connectivity index (χ4v) is 2.47. The Hall–Kier alpha value is -1.56. The van der Waals surface area contributed by atoms with Crippen molar-refractivity contribution >= 4 is 22.8 Å². The number of nitrogens with zero attached hydrogens (tertiary/aromatic N) is 4. The summed E-state index contributed by atoms with van der Waals surface area (Å²) in [7, 11) is 1.48. The molecule has 0 amide bonds. The molecule has 0 atom stereocenters. The Labute approximate surface area is 115 Å². The van der Waals surface area contributed by atoms with Crippen LogP contribution >= 0.6 is 11.6 Å². The lowest BCUT2D eigenvalue weighted by atomic mass is 10.3. The number of fused-ring (bicyclic) bond motifs is 1. The molecule has 19 heavy (non-hydrogen) atoms. The lowest BCUT2D eigenvalue weighted by Crippen LogP contribution is -2.39. The van der Waals surface area contributed by atoms with Gasteiger partial charge in [-0.2, -0.15) is 0 Å². The van der Waals surface area contributed by atoms with E-state index >= 15 is 0 Å². The summed E-state index contributed by atoms with van der Waals surface area (Å²) < 4.78 is 4.41. The fraction of sp³-hybridized carbons (Fsp3) is 0.583. The van der Waals surface area contributed by atoms with Crippen molar-refractivity contribution in [2.45, 2.75) is 39.2 Å². The van der Waals surface area contributed by atoms with Crippen molar-refractivity contribution in [3.63, 3.8) is 0 Å². The van der Waals surface area contributed by atoms with Crippen LogP contribution in [0.15, 0.2) is 9.59 Å². The third-order valence-electron chi connectivity index (χ3n) is 3.21. The summed E-state index contributed by atoms with van der Waals surface area (Å²) in [6, 6.07) is -0.0785. The van der Waals surface area contributed by atoms with Crippen LogP contribution in [0.1, 0.15) is 32.6 Å². The Kier molecular flexibility index (Phi) is 3.54. The highest BCUT2D eigenvalue weighted by molar-refractivity contribution is 6.16. The maximum atomic E-state index is 12.3. The number of alkyl halides is 1. The average molecular weight is 285 g/mol. The Morgan fingerprint density at radius 1 is 1.32 bits per heavy atom. The molecule has 0 saturated carbocycles. The Morgan fingerprint density at radius 2 is 1.95 bits per heavy atom. The van der Waals surface area contributed by atoms with E-state index in [-0.39, 0.29) is 23.2 Å². The van der Waals surface area contributed by atoms with E-state index in [1.807, 2.05) is 20.8 Å². The smallest absolute Gasteiger partial charge is 0.321 e. The molecular formula is C12H17ClN4O2. The van der Waals surface area contributed by atoms with Crippen LogP contribution in [0.25, 0.3) is 11.2 Å². The summed E-state index contributed by atoms with van der Waals surface area (Å²) >= 11 is 5.87. The minimum absolute atomic E-state index is 0.0785. The number of aryl methyl sites for hydroxylation is 1. The molecule has 0 bridgehead atoms. The molecule has 0 N–H and O–H groups in total. The van der Waals surface area contributed by atoms with Crippen LogP contribution in [0.4, 0.5) is 0 Å². The minimum Gasteiger partial charge on any atom is -0.321 e. The molecule has 0 saturated heterocycles. The van der Waals surface area contributed by atoms with E-state index in [0.29, 0.717) is 23.5 Å². The number of rotatable bonds is 3. The van der Waals surface area contributed by atoms with Gasteiger partial charge < -0.3 is 4.57 Å². The van der Waals surface area contributed by atoms with Gasteiger partial charge in [0.25, 0.3) is 5.56 Å². The van der Waals surface area contributed by atoms with Crippen molar-refractivity contribution in [3.8, 4) is 0 Å². The van der Waals surface area contributed by atoms with Crippen molar-refractivity contribution in [2.24, 2.45) is 7.05 Å². The molecule has 2 rings (SSSR count). The van der Waals surface area contributed by atoms with Gasteiger partial charge in [-0.3, -0.25) is 13.9 Å². The van der Waals surface area contributed by atoms with Gasteiger partial charge in [0.1, 0.15) is 5.82 Å². The molecule has 104 valence electrons. The number of hydrogen-bond acceptors (Lipinski definition) is 3. The summed E-state index contributed by atoms with van der Waals surface area (Å²) in [6.07, 6.45) is 0. The monoisotopic (exact) mass is 284 g/mol. The fourth-order valence-electron chi connectivity index (χ4n) is 2.27. The molecule has 0 aromatic carbocycles. The topological polar surface area (TPSA) is 61.8 Å². The maximum absolute atomic E-state index is 12.3. The largest absolute Gasteiger partial charge is 0.332 e. The molecule has 0 aliphatic heterocycles. The van der Waals surface area contributed by atoms with Crippen molar-refractivity contribution in [1.29, 1.82) is 0 Å². The summed E-state index contributed by atoms with van der Waals surface area (Å²) in [4.78, 5) is 28.8.